The van der Waals surface area contributed by atoms with Crippen LogP contribution in [0.2, 0.25) is 5.02 Å². The highest BCUT2D eigenvalue weighted by molar-refractivity contribution is 6.30. The lowest BCUT2D eigenvalue weighted by Gasteiger charge is -2.33. The summed E-state index contributed by atoms with van der Waals surface area (Å²) >= 11 is 5.92. The van der Waals surface area contributed by atoms with Crippen molar-refractivity contribution in [1.29, 1.82) is 0 Å². The molecule has 0 aliphatic carbocycles. The Morgan fingerprint density at radius 2 is 1.92 bits per heavy atom. The van der Waals surface area contributed by atoms with Crippen molar-refractivity contribution in [3.63, 3.8) is 0 Å². The number of nitrogens with zero attached hydrogens (tertiary/aromatic N) is 1. The van der Waals surface area contributed by atoms with Crippen LogP contribution in [0, 0.1) is 5.82 Å². The van der Waals surface area contributed by atoms with Gasteiger partial charge in [0.2, 0.25) is 5.91 Å². The van der Waals surface area contributed by atoms with Crippen LogP contribution in [-0.4, -0.2) is 38.6 Å². The van der Waals surface area contributed by atoms with E-state index < -0.39 is 0 Å². The standard InChI is InChI=1S/C19H21ClFN3O/c20-15-4-3-5-16(14-15)22-19(25)8-9-23-10-12-24(13-11-23)18-7-2-1-6-17(18)21/h1-7,14H,8-13H2,(H,22,25)/p+1. The molecule has 1 heterocycles. The number of carbonyl (C=O) groups excluding carboxylic acids is 1. The molecule has 0 atom stereocenters. The summed E-state index contributed by atoms with van der Waals surface area (Å²) in [5, 5.41) is 3.47. The summed E-state index contributed by atoms with van der Waals surface area (Å²) in [5.41, 5.74) is 1.39. The van der Waals surface area contributed by atoms with Gasteiger partial charge in [-0.05, 0) is 30.3 Å². The summed E-state index contributed by atoms with van der Waals surface area (Å²) in [7, 11) is 0. The molecule has 3 rings (SSSR count). The number of piperazine rings is 1. The van der Waals surface area contributed by atoms with Gasteiger partial charge in [-0.3, -0.25) is 4.79 Å². The molecule has 2 aromatic carbocycles. The number of halogens is 2. The maximum Gasteiger partial charge on any atom is 0.230 e. The molecule has 0 unspecified atom stereocenters. The Balaban J connectivity index is 1.43. The Morgan fingerprint density at radius 3 is 2.64 bits per heavy atom. The normalized spacial score (nSPS) is 15.2. The Morgan fingerprint density at radius 1 is 1.16 bits per heavy atom. The van der Waals surface area contributed by atoms with Gasteiger partial charge in [-0.15, -0.1) is 0 Å². The zero-order chi connectivity index (χ0) is 17.6. The molecule has 4 nitrogen and oxygen atoms in total. The quantitative estimate of drug-likeness (QED) is 0.855. The summed E-state index contributed by atoms with van der Waals surface area (Å²) < 4.78 is 13.8. The summed E-state index contributed by atoms with van der Waals surface area (Å²) in [6.07, 6.45) is 0.460. The van der Waals surface area contributed by atoms with E-state index in [1.807, 2.05) is 24.3 Å². The number of quaternary nitrogens is 1. The number of hydrogen-bond acceptors (Lipinski definition) is 2. The van der Waals surface area contributed by atoms with E-state index >= 15 is 0 Å². The third kappa shape index (κ3) is 4.94. The number of rotatable bonds is 5. The molecule has 2 aromatic rings. The smallest absolute Gasteiger partial charge is 0.230 e. The average molecular weight is 363 g/mol. The van der Waals surface area contributed by atoms with Crippen molar-refractivity contribution in [3.05, 3.63) is 59.4 Å². The Labute approximate surface area is 152 Å². The van der Waals surface area contributed by atoms with Gasteiger partial charge in [-0.25, -0.2) is 4.39 Å². The van der Waals surface area contributed by atoms with Gasteiger partial charge in [-0.1, -0.05) is 29.8 Å². The molecule has 1 fully saturated rings. The first kappa shape index (κ1) is 17.7. The van der Waals surface area contributed by atoms with E-state index in [2.05, 4.69) is 10.2 Å². The van der Waals surface area contributed by atoms with Crippen molar-refractivity contribution in [3.8, 4) is 0 Å². The van der Waals surface area contributed by atoms with Crippen LogP contribution in [0.5, 0.6) is 0 Å². The fourth-order valence-corrected chi connectivity index (χ4v) is 3.29. The molecule has 0 spiro atoms. The van der Waals surface area contributed by atoms with Gasteiger partial charge in [0.05, 0.1) is 44.8 Å². The van der Waals surface area contributed by atoms with Gasteiger partial charge in [-0.2, -0.15) is 0 Å². The lowest BCUT2D eigenvalue weighted by molar-refractivity contribution is -0.900. The van der Waals surface area contributed by atoms with Gasteiger partial charge >= 0.3 is 0 Å². The first-order valence-corrected chi connectivity index (χ1v) is 8.88. The minimum Gasteiger partial charge on any atom is -0.358 e. The maximum atomic E-state index is 13.8. The minimum absolute atomic E-state index is 0.00806. The van der Waals surface area contributed by atoms with Gasteiger partial charge < -0.3 is 15.1 Å². The highest BCUT2D eigenvalue weighted by atomic mass is 35.5. The fraction of sp³-hybridized carbons (Fsp3) is 0.316. The first-order chi connectivity index (χ1) is 12.1. The zero-order valence-electron chi connectivity index (χ0n) is 14.0. The van der Waals surface area contributed by atoms with E-state index in [0.717, 1.165) is 38.4 Å². The SMILES string of the molecule is O=C(CC[NH+]1CCN(c2ccccc2F)CC1)Nc1cccc(Cl)c1. The van der Waals surface area contributed by atoms with Crippen LogP contribution < -0.4 is 15.1 Å². The topological polar surface area (TPSA) is 36.8 Å². The van der Waals surface area contributed by atoms with E-state index in [0.29, 0.717) is 17.1 Å². The van der Waals surface area contributed by atoms with Crippen LogP contribution in [0.3, 0.4) is 0 Å². The van der Waals surface area contributed by atoms with Crippen molar-refractivity contribution >= 4 is 28.9 Å². The second kappa shape index (κ2) is 8.32. The molecular weight excluding hydrogens is 341 g/mol. The number of nitrogens with one attached hydrogen (secondary N) is 2. The predicted octanol–water partition coefficient (Wildman–Crippen LogP) is 2.21. The number of hydrogen-bond donors (Lipinski definition) is 2. The van der Waals surface area contributed by atoms with E-state index in [1.54, 1.807) is 18.2 Å². The molecule has 1 saturated heterocycles. The molecule has 2 N–H and O–H groups in total. The van der Waals surface area contributed by atoms with E-state index in [1.165, 1.54) is 11.0 Å². The average Bonchev–Trinajstić information content (AvgIpc) is 2.61. The summed E-state index contributed by atoms with van der Waals surface area (Å²) in [6, 6.07) is 14.0. The van der Waals surface area contributed by atoms with Crippen molar-refractivity contribution in [2.24, 2.45) is 0 Å². The highest BCUT2D eigenvalue weighted by Crippen LogP contribution is 2.18. The number of amides is 1. The number of benzene rings is 2. The summed E-state index contributed by atoms with van der Waals surface area (Å²) in [4.78, 5) is 15.5. The number of para-hydroxylation sites is 1. The van der Waals surface area contributed by atoms with Crippen molar-refractivity contribution < 1.29 is 14.1 Å². The molecule has 25 heavy (non-hydrogen) atoms. The zero-order valence-corrected chi connectivity index (χ0v) is 14.7. The van der Waals surface area contributed by atoms with E-state index in [-0.39, 0.29) is 11.7 Å². The summed E-state index contributed by atoms with van der Waals surface area (Å²) in [6.45, 7) is 4.17. The lowest BCUT2D eigenvalue weighted by Crippen LogP contribution is -3.15. The molecule has 1 aliphatic heterocycles. The van der Waals surface area contributed by atoms with Gasteiger partial charge in [0.1, 0.15) is 5.82 Å². The van der Waals surface area contributed by atoms with Crippen LogP contribution in [0.4, 0.5) is 15.8 Å². The van der Waals surface area contributed by atoms with E-state index in [9.17, 15) is 9.18 Å². The predicted molar refractivity (Wildman–Crippen MR) is 98.9 cm³/mol. The molecular formula is C19H22ClFN3O+. The third-order valence-electron chi connectivity index (χ3n) is 4.48. The van der Waals surface area contributed by atoms with Crippen LogP contribution in [-0.2, 0) is 4.79 Å². The molecule has 1 amide bonds. The first-order valence-electron chi connectivity index (χ1n) is 8.50. The number of anilines is 2. The summed E-state index contributed by atoms with van der Waals surface area (Å²) in [5.74, 6) is -0.182. The Bertz CT molecular complexity index is 732. The second-order valence-corrected chi connectivity index (χ2v) is 6.68. The van der Waals surface area contributed by atoms with Crippen LogP contribution >= 0.6 is 11.6 Å². The van der Waals surface area contributed by atoms with Crippen LogP contribution in [0.1, 0.15) is 6.42 Å². The van der Waals surface area contributed by atoms with Crippen LogP contribution in [0.15, 0.2) is 48.5 Å². The highest BCUT2D eigenvalue weighted by Gasteiger charge is 2.22. The third-order valence-corrected chi connectivity index (χ3v) is 4.71. The van der Waals surface area contributed by atoms with Gasteiger partial charge in [0, 0.05) is 10.7 Å². The monoisotopic (exact) mass is 362 g/mol. The molecule has 0 bridgehead atoms. The number of carbonyl (C=O) groups is 1. The van der Waals surface area contributed by atoms with Crippen LogP contribution in [0.25, 0.3) is 0 Å². The molecule has 132 valence electrons. The largest absolute Gasteiger partial charge is 0.358 e. The molecule has 1 aliphatic rings. The maximum absolute atomic E-state index is 13.8. The Hall–Kier alpha value is -2.11. The van der Waals surface area contributed by atoms with Crippen molar-refractivity contribution in [2.45, 2.75) is 6.42 Å². The molecule has 0 radical (unpaired) electrons. The van der Waals surface area contributed by atoms with Crippen molar-refractivity contribution in [2.75, 3.05) is 42.9 Å². The second-order valence-electron chi connectivity index (χ2n) is 6.25. The van der Waals surface area contributed by atoms with Gasteiger partial charge in [0.25, 0.3) is 0 Å². The molecule has 0 saturated carbocycles. The van der Waals surface area contributed by atoms with E-state index in [4.69, 9.17) is 11.6 Å². The molecule has 0 aromatic heterocycles. The minimum atomic E-state index is -0.174. The van der Waals surface area contributed by atoms with Crippen molar-refractivity contribution in [1.82, 2.24) is 0 Å². The Kier molecular flexibility index (Phi) is 5.89. The lowest BCUT2D eigenvalue weighted by atomic mass is 10.2. The fourth-order valence-electron chi connectivity index (χ4n) is 3.10. The molecule has 6 heteroatoms. The van der Waals surface area contributed by atoms with Gasteiger partial charge in [0.15, 0.2) is 0 Å².